The van der Waals surface area contributed by atoms with E-state index < -0.39 is 0 Å². The van der Waals surface area contributed by atoms with E-state index in [1.165, 1.54) is 0 Å². The molecule has 0 atom stereocenters. The molecule has 0 aliphatic heterocycles. The number of rotatable bonds is 6. The second-order valence-electron chi connectivity index (χ2n) is 5.41. The van der Waals surface area contributed by atoms with E-state index in [9.17, 15) is 0 Å². The fraction of sp³-hybridized carbons (Fsp3) is 0.438. The highest BCUT2D eigenvalue weighted by Gasteiger charge is 2.12. The summed E-state index contributed by atoms with van der Waals surface area (Å²) < 4.78 is 3.05. The van der Waals surface area contributed by atoms with Gasteiger partial charge in [0, 0.05) is 17.1 Å². The van der Waals surface area contributed by atoms with Crippen LogP contribution >= 0.6 is 15.9 Å². The topological polar surface area (TPSA) is 29.9 Å². The van der Waals surface area contributed by atoms with Crippen LogP contribution in [-0.2, 0) is 6.42 Å². The summed E-state index contributed by atoms with van der Waals surface area (Å²) in [5.41, 5.74) is 2.20. The number of hydrogen-bond donors (Lipinski definition) is 1. The summed E-state index contributed by atoms with van der Waals surface area (Å²) in [6, 6.07) is 10.3. The molecule has 108 valence electrons. The summed E-state index contributed by atoms with van der Waals surface area (Å²) >= 11 is 3.61. The van der Waals surface area contributed by atoms with Crippen molar-refractivity contribution in [2.45, 2.75) is 33.6 Å². The molecule has 1 N–H and O–H groups in total. The van der Waals surface area contributed by atoms with E-state index in [1.807, 2.05) is 22.9 Å². The van der Waals surface area contributed by atoms with Gasteiger partial charge < -0.3 is 5.32 Å². The standard InChI is InChI=1S/C16H22BrN3/c1-4-9-18-16-11-13(10-12(2)3)19-20(16)15-8-6-5-7-14(15)17/h5-8,11-12,18H,4,9-10H2,1-3H3. The zero-order valence-corrected chi connectivity index (χ0v) is 13.9. The fourth-order valence-corrected chi connectivity index (χ4v) is 2.59. The Morgan fingerprint density at radius 2 is 2.05 bits per heavy atom. The second-order valence-corrected chi connectivity index (χ2v) is 6.26. The van der Waals surface area contributed by atoms with Crippen LogP contribution < -0.4 is 5.32 Å². The lowest BCUT2D eigenvalue weighted by molar-refractivity contribution is 0.628. The normalized spacial score (nSPS) is 11.1. The SMILES string of the molecule is CCCNc1cc(CC(C)C)nn1-c1ccccc1Br. The van der Waals surface area contributed by atoms with Crippen molar-refractivity contribution in [3.05, 3.63) is 40.5 Å². The van der Waals surface area contributed by atoms with Crippen LogP contribution in [0.2, 0.25) is 0 Å². The van der Waals surface area contributed by atoms with E-state index in [2.05, 4.69) is 54.2 Å². The number of nitrogens with one attached hydrogen (secondary N) is 1. The number of nitrogens with zero attached hydrogens (tertiary/aromatic N) is 2. The predicted molar refractivity (Wildman–Crippen MR) is 88.6 cm³/mol. The molecule has 20 heavy (non-hydrogen) atoms. The molecule has 0 spiro atoms. The van der Waals surface area contributed by atoms with Crippen LogP contribution in [0.4, 0.5) is 5.82 Å². The molecule has 2 aromatic rings. The maximum atomic E-state index is 4.76. The van der Waals surface area contributed by atoms with Crippen LogP contribution in [0.3, 0.4) is 0 Å². The van der Waals surface area contributed by atoms with Crippen molar-refractivity contribution in [3.63, 3.8) is 0 Å². The zero-order chi connectivity index (χ0) is 14.5. The predicted octanol–water partition coefficient (Wildman–Crippen LogP) is 4.66. The maximum absolute atomic E-state index is 4.76. The summed E-state index contributed by atoms with van der Waals surface area (Å²) in [6.45, 7) is 7.56. The second kappa shape index (κ2) is 6.93. The number of halogens is 1. The highest BCUT2D eigenvalue weighted by molar-refractivity contribution is 9.10. The van der Waals surface area contributed by atoms with Crippen molar-refractivity contribution in [2.24, 2.45) is 5.92 Å². The van der Waals surface area contributed by atoms with Crippen molar-refractivity contribution >= 4 is 21.7 Å². The van der Waals surface area contributed by atoms with Gasteiger partial charge in [0.15, 0.2) is 0 Å². The van der Waals surface area contributed by atoms with Crippen molar-refractivity contribution < 1.29 is 0 Å². The van der Waals surface area contributed by atoms with Gasteiger partial charge in [-0.25, -0.2) is 4.68 Å². The molecule has 2 rings (SSSR count). The van der Waals surface area contributed by atoms with Gasteiger partial charge in [-0.1, -0.05) is 32.9 Å². The van der Waals surface area contributed by atoms with Gasteiger partial charge in [-0.3, -0.25) is 0 Å². The highest BCUT2D eigenvalue weighted by Crippen LogP contribution is 2.25. The summed E-state index contributed by atoms with van der Waals surface area (Å²) in [5, 5.41) is 8.22. The molecule has 4 heteroatoms. The minimum Gasteiger partial charge on any atom is -0.370 e. The molecule has 1 heterocycles. The molecular formula is C16H22BrN3. The number of aromatic nitrogens is 2. The Morgan fingerprint density at radius 1 is 1.30 bits per heavy atom. The number of hydrogen-bond acceptors (Lipinski definition) is 2. The molecular weight excluding hydrogens is 314 g/mol. The van der Waals surface area contributed by atoms with Crippen molar-refractivity contribution in [3.8, 4) is 5.69 Å². The van der Waals surface area contributed by atoms with Crippen LogP contribution in [0.15, 0.2) is 34.8 Å². The third kappa shape index (κ3) is 3.63. The Bertz CT molecular complexity index is 561. The molecule has 1 aromatic heterocycles. The lowest BCUT2D eigenvalue weighted by Crippen LogP contribution is -2.07. The van der Waals surface area contributed by atoms with Crippen molar-refractivity contribution in [1.82, 2.24) is 9.78 Å². The molecule has 0 bridgehead atoms. The smallest absolute Gasteiger partial charge is 0.130 e. The van der Waals surface area contributed by atoms with Crippen LogP contribution in [0, 0.1) is 5.92 Å². The van der Waals surface area contributed by atoms with Gasteiger partial charge in [-0.15, -0.1) is 0 Å². The van der Waals surface area contributed by atoms with Crippen molar-refractivity contribution in [1.29, 1.82) is 0 Å². The Balaban J connectivity index is 2.38. The Morgan fingerprint density at radius 3 is 2.70 bits per heavy atom. The Kier molecular flexibility index (Phi) is 5.24. The summed E-state index contributed by atoms with van der Waals surface area (Å²) in [5.74, 6) is 1.67. The number of benzene rings is 1. The van der Waals surface area contributed by atoms with Gasteiger partial charge in [-0.2, -0.15) is 5.10 Å². The highest BCUT2D eigenvalue weighted by atomic mass is 79.9. The van der Waals surface area contributed by atoms with Gasteiger partial charge in [-0.05, 0) is 46.8 Å². The van der Waals surface area contributed by atoms with E-state index >= 15 is 0 Å². The third-order valence-electron chi connectivity index (χ3n) is 3.01. The van der Waals surface area contributed by atoms with Crippen molar-refractivity contribution in [2.75, 3.05) is 11.9 Å². The fourth-order valence-electron chi connectivity index (χ4n) is 2.13. The lowest BCUT2D eigenvalue weighted by Gasteiger charge is -2.10. The van der Waals surface area contributed by atoms with Gasteiger partial charge in [0.1, 0.15) is 5.82 Å². The first-order valence-electron chi connectivity index (χ1n) is 7.19. The van der Waals surface area contributed by atoms with E-state index in [1.54, 1.807) is 0 Å². The molecule has 0 fully saturated rings. The van der Waals surface area contributed by atoms with Gasteiger partial charge in [0.05, 0.1) is 11.4 Å². The molecule has 0 aliphatic rings. The molecule has 0 aliphatic carbocycles. The monoisotopic (exact) mass is 335 g/mol. The molecule has 0 saturated heterocycles. The van der Waals surface area contributed by atoms with Crippen LogP contribution in [0.1, 0.15) is 32.9 Å². The molecule has 0 amide bonds. The van der Waals surface area contributed by atoms with E-state index in [0.29, 0.717) is 5.92 Å². The Hall–Kier alpha value is -1.29. The average molecular weight is 336 g/mol. The minimum absolute atomic E-state index is 0.608. The minimum atomic E-state index is 0.608. The zero-order valence-electron chi connectivity index (χ0n) is 12.4. The Labute approximate surface area is 129 Å². The van der Waals surface area contributed by atoms with Crippen LogP contribution in [0.25, 0.3) is 5.69 Å². The molecule has 0 unspecified atom stereocenters. The largest absolute Gasteiger partial charge is 0.370 e. The third-order valence-corrected chi connectivity index (χ3v) is 3.68. The average Bonchev–Trinajstić information content (AvgIpc) is 2.78. The van der Waals surface area contributed by atoms with Gasteiger partial charge in [0.25, 0.3) is 0 Å². The molecule has 0 radical (unpaired) electrons. The van der Waals surface area contributed by atoms with Gasteiger partial charge in [0.2, 0.25) is 0 Å². The van der Waals surface area contributed by atoms with Crippen LogP contribution in [-0.4, -0.2) is 16.3 Å². The quantitative estimate of drug-likeness (QED) is 0.832. The van der Waals surface area contributed by atoms with Crippen LogP contribution in [0.5, 0.6) is 0 Å². The molecule has 1 aromatic carbocycles. The number of anilines is 1. The summed E-state index contributed by atoms with van der Waals surface area (Å²) in [7, 11) is 0. The first-order chi connectivity index (χ1) is 9.61. The molecule has 3 nitrogen and oxygen atoms in total. The molecule has 0 saturated carbocycles. The van der Waals surface area contributed by atoms with E-state index in [-0.39, 0.29) is 0 Å². The summed E-state index contributed by atoms with van der Waals surface area (Å²) in [6.07, 6.45) is 2.10. The van der Waals surface area contributed by atoms with Gasteiger partial charge >= 0.3 is 0 Å². The van der Waals surface area contributed by atoms with E-state index in [4.69, 9.17) is 5.10 Å². The first-order valence-corrected chi connectivity index (χ1v) is 7.98. The summed E-state index contributed by atoms with van der Waals surface area (Å²) in [4.78, 5) is 0. The number of para-hydroxylation sites is 1. The maximum Gasteiger partial charge on any atom is 0.130 e. The van der Waals surface area contributed by atoms with E-state index in [0.717, 1.165) is 41.1 Å². The first kappa shape index (κ1) is 15.1. The lowest BCUT2D eigenvalue weighted by atomic mass is 10.1.